The second kappa shape index (κ2) is 9.62. The summed E-state index contributed by atoms with van der Waals surface area (Å²) >= 11 is 0. The SMILES string of the molecule is COc1ccc(CNc2ncnc3nn(Cc4ccc(Cn5cccn5)cc4)cc23)cc1OC. The van der Waals surface area contributed by atoms with E-state index in [4.69, 9.17) is 9.47 Å². The summed E-state index contributed by atoms with van der Waals surface area (Å²) in [5.74, 6) is 2.13. The minimum atomic E-state index is 0.579. The molecule has 2 aromatic carbocycles. The lowest BCUT2D eigenvalue weighted by Crippen LogP contribution is -2.03. The largest absolute Gasteiger partial charge is 0.493 e. The molecule has 0 radical (unpaired) electrons. The third kappa shape index (κ3) is 4.68. The van der Waals surface area contributed by atoms with E-state index in [2.05, 4.69) is 49.7 Å². The molecule has 172 valence electrons. The Morgan fingerprint density at radius 1 is 0.853 bits per heavy atom. The molecule has 1 N–H and O–H groups in total. The lowest BCUT2D eigenvalue weighted by molar-refractivity contribution is 0.354. The summed E-state index contributed by atoms with van der Waals surface area (Å²) in [7, 11) is 3.26. The Labute approximate surface area is 197 Å². The fourth-order valence-corrected chi connectivity index (χ4v) is 3.80. The Morgan fingerprint density at radius 2 is 1.59 bits per heavy atom. The highest BCUT2D eigenvalue weighted by Crippen LogP contribution is 2.28. The van der Waals surface area contributed by atoms with Crippen LogP contribution < -0.4 is 14.8 Å². The molecule has 0 amide bonds. The number of ether oxygens (including phenoxy) is 2. The van der Waals surface area contributed by atoms with E-state index in [1.54, 1.807) is 20.4 Å². The molecular formula is C25H25N7O2. The maximum absolute atomic E-state index is 5.40. The van der Waals surface area contributed by atoms with Gasteiger partial charge >= 0.3 is 0 Å². The van der Waals surface area contributed by atoms with Crippen LogP contribution in [-0.2, 0) is 19.6 Å². The van der Waals surface area contributed by atoms with Crippen LogP contribution >= 0.6 is 0 Å². The second-order valence-electron chi connectivity index (χ2n) is 7.85. The molecule has 0 aliphatic rings. The molecule has 5 rings (SSSR count). The van der Waals surface area contributed by atoms with Crippen LogP contribution in [0.25, 0.3) is 11.0 Å². The van der Waals surface area contributed by atoms with Gasteiger partial charge in [0.2, 0.25) is 0 Å². The number of fused-ring (bicyclic) bond motifs is 1. The average molecular weight is 456 g/mol. The predicted molar refractivity (Wildman–Crippen MR) is 129 cm³/mol. The Hall–Kier alpha value is -4.40. The van der Waals surface area contributed by atoms with Crippen molar-refractivity contribution in [1.29, 1.82) is 0 Å². The minimum Gasteiger partial charge on any atom is -0.493 e. The highest BCUT2D eigenvalue weighted by Gasteiger charge is 2.10. The van der Waals surface area contributed by atoms with Crippen LogP contribution in [0.3, 0.4) is 0 Å². The first-order chi connectivity index (χ1) is 16.7. The van der Waals surface area contributed by atoms with Gasteiger partial charge in [0.15, 0.2) is 17.1 Å². The molecule has 0 atom stereocenters. The molecule has 0 bridgehead atoms. The highest BCUT2D eigenvalue weighted by atomic mass is 16.5. The Kier molecular flexibility index (Phi) is 6.07. The number of nitrogens with zero attached hydrogens (tertiary/aromatic N) is 6. The Bertz CT molecular complexity index is 1380. The lowest BCUT2D eigenvalue weighted by atomic mass is 10.1. The molecule has 0 spiro atoms. The van der Waals surface area contributed by atoms with E-state index in [1.165, 1.54) is 11.9 Å². The number of hydrogen-bond acceptors (Lipinski definition) is 7. The summed E-state index contributed by atoms with van der Waals surface area (Å²) in [4.78, 5) is 8.76. The van der Waals surface area contributed by atoms with Gasteiger partial charge in [-0.3, -0.25) is 9.36 Å². The van der Waals surface area contributed by atoms with E-state index in [0.717, 1.165) is 28.9 Å². The topological polar surface area (TPSA) is 91.9 Å². The van der Waals surface area contributed by atoms with Gasteiger partial charge in [0.25, 0.3) is 0 Å². The number of anilines is 1. The molecule has 0 saturated carbocycles. The van der Waals surface area contributed by atoms with Gasteiger partial charge in [-0.15, -0.1) is 0 Å². The first kappa shape index (κ1) is 21.4. The average Bonchev–Trinajstić information content (AvgIpc) is 3.53. The van der Waals surface area contributed by atoms with E-state index >= 15 is 0 Å². The third-order valence-electron chi connectivity index (χ3n) is 5.54. The summed E-state index contributed by atoms with van der Waals surface area (Å²) in [6.45, 7) is 1.98. The van der Waals surface area contributed by atoms with E-state index in [0.29, 0.717) is 30.2 Å². The summed E-state index contributed by atoms with van der Waals surface area (Å²) in [6.07, 6.45) is 7.25. The smallest absolute Gasteiger partial charge is 0.186 e. The standard InChI is InChI=1S/C25H25N7O2/c1-33-22-9-8-20(12-23(22)34-2)13-26-24-21-16-32(30-25(21)28-17-27-24)15-19-6-4-18(5-7-19)14-31-11-3-10-29-31/h3-12,16-17H,13-15H2,1-2H3,(H,26,27,28,30). The monoisotopic (exact) mass is 455 g/mol. The van der Waals surface area contributed by atoms with Gasteiger partial charge in [-0.25, -0.2) is 9.97 Å². The highest BCUT2D eigenvalue weighted by molar-refractivity contribution is 5.85. The second-order valence-corrected chi connectivity index (χ2v) is 7.85. The lowest BCUT2D eigenvalue weighted by Gasteiger charge is -2.10. The summed E-state index contributed by atoms with van der Waals surface area (Å²) in [6, 6.07) is 16.2. The first-order valence-corrected chi connectivity index (χ1v) is 10.9. The van der Waals surface area contributed by atoms with E-state index in [9.17, 15) is 0 Å². The maximum Gasteiger partial charge on any atom is 0.186 e. The quantitative estimate of drug-likeness (QED) is 0.362. The normalized spacial score (nSPS) is 11.0. The van der Waals surface area contributed by atoms with Crippen LogP contribution in [0.1, 0.15) is 16.7 Å². The van der Waals surface area contributed by atoms with E-state index in [-0.39, 0.29) is 0 Å². The van der Waals surface area contributed by atoms with Gasteiger partial charge in [-0.1, -0.05) is 30.3 Å². The molecule has 3 aromatic heterocycles. The molecule has 0 aliphatic heterocycles. The van der Waals surface area contributed by atoms with Crippen LogP contribution in [-0.4, -0.2) is 43.7 Å². The van der Waals surface area contributed by atoms with Crippen LogP contribution in [0, 0.1) is 0 Å². The van der Waals surface area contributed by atoms with Crippen molar-refractivity contribution < 1.29 is 9.47 Å². The van der Waals surface area contributed by atoms with Gasteiger partial charge in [0.1, 0.15) is 12.1 Å². The van der Waals surface area contributed by atoms with Crippen LogP contribution in [0.2, 0.25) is 0 Å². The molecule has 0 saturated heterocycles. The van der Waals surface area contributed by atoms with Crippen LogP contribution in [0.4, 0.5) is 5.82 Å². The number of hydrogen-bond donors (Lipinski definition) is 1. The van der Waals surface area contributed by atoms with Gasteiger partial charge in [-0.05, 0) is 34.9 Å². The molecule has 9 heteroatoms. The Morgan fingerprint density at radius 3 is 2.29 bits per heavy atom. The molecule has 5 aromatic rings. The van der Waals surface area contributed by atoms with Crippen molar-refractivity contribution in [2.45, 2.75) is 19.6 Å². The molecule has 0 unspecified atom stereocenters. The van der Waals surface area contributed by atoms with E-state index < -0.39 is 0 Å². The Balaban J connectivity index is 1.29. The molecule has 34 heavy (non-hydrogen) atoms. The molecular weight excluding hydrogens is 430 g/mol. The number of benzene rings is 2. The first-order valence-electron chi connectivity index (χ1n) is 10.9. The van der Waals surface area contributed by atoms with Crippen molar-refractivity contribution in [3.05, 3.63) is 90.1 Å². The van der Waals surface area contributed by atoms with E-state index in [1.807, 2.05) is 46.0 Å². The van der Waals surface area contributed by atoms with Crippen molar-refractivity contribution in [2.75, 3.05) is 19.5 Å². The van der Waals surface area contributed by atoms with Crippen LogP contribution in [0.15, 0.2) is 73.4 Å². The fourth-order valence-electron chi connectivity index (χ4n) is 3.80. The third-order valence-corrected chi connectivity index (χ3v) is 5.54. The van der Waals surface area contributed by atoms with Crippen molar-refractivity contribution >= 4 is 16.9 Å². The maximum atomic E-state index is 5.40. The number of aromatic nitrogens is 6. The van der Waals surface area contributed by atoms with Gasteiger partial charge in [0, 0.05) is 25.1 Å². The van der Waals surface area contributed by atoms with Gasteiger partial charge in [0.05, 0.1) is 32.7 Å². The molecule has 0 fully saturated rings. The predicted octanol–water partition coefficient (Wildman–Crippen LogP) is 3.75. The number of methoxy groups -OCH3 is 2. The van der Waals surface area contributed by atoms with Crippen molar-refractivity contribution in [2.24, 2.45) is 0 Å². The van der Waals surface area contributed by atoms with Crippen molar-refractivity contribution in [1.82, 2.24) is 29.5 Å². The fraction of sp³-hybridized carbons (Fsp3) is 0.200. The number of nitrogens with one attached hydrogen (secondary N) is 1. The minimum absolute atomic E-state index is 0.579. The zero-order chi connectivity index (χ0) is 23.3. The summed E-state index contributed by atoms with van der Waals surface area (Å²) < 4.78 is 14.5. The summed E-state index contributed by atoms with van der Waals surface area (Å²) in [5.41, 5.74) is 4.06. The molecule has 3 heterocycles. The van der Waals surface area contributed by atoms with Crippen molar-refractivity contribution in [3.8, 4) is 11.5 Å². The molecule has 9 nitrogen and oxygen atoms in total. The van der Waals surface area contributed by atoms with Crippen molar-refractivity contribution in [3.63, 3.8) is 0 Å². The summed E-state index contributed by atoms with van der Waals surface area (Å²) in [5, 5.41) is 13.2. The van der Waals surface area contributed by atoms with Gasteiger partial charge < -0.3 is 14.8 Å². The molecule has 0 aliphatic carbocycles. The van der Waals surface area contributed by atoms with Gasteiger partial charge in [-0.2, -0.15) is 10.2 Å². The number of rotatable bonds is 9. The van der Waals surface area contributed by atoms with Crippen LogP contribution in [0.5, 0.6) is 11.5 Å². The zero-order valence-corrected chi connectivity index (χ0v) is 19.0. The zero-order valence-electron chi connectivity index (χ0n) is 19.0.